The molecule has 0 aromatic heterocycles. The van der Waals surface area contributed by atoms with Gasteiger partial charge in [0.2, 0.25) is 0 Å². The van der Waals surface area contributed by atoms with E-state index in [1.807, 2.05) is 30.3 Å². The van der Waals surface area contributed by atoms with Crippen molar-refractivity contribution in [2.75, 3.05) is 6.61 Å². The molecule has 0 spiro atoms. The van der Waals surface area contributed by atoms with Crippen molar-refractivity contribution in [2.24, 2.45) is 0 Å². The minimum atomic E-state index is -0.164. The van der Waals surface area contributed by atoms with Crippen molar-refractivity contribution in [3.8, 4) is 0 Å². The maximum absolute atomic E-state index is 11.4. The first-order chi connectivity index (χ1) is 8.25. The van der Waals surface area contributed by atoms with E-state index in [4.69, 9.17) is 4.74 Å². The van der Waals surface area contributed by atoms with Crippen LogP contribution in [0.3, 0.4) is 0 Å². The van der Waals surface area contributed by atoms with Crippen molar-refractivity contribution in [3.05, 3.63) is 59.7 Å². The molecule has 2 rings (SSSR count). The zero-order chi connectivity index (χ0) is 12.1. The van der Waals surface area contributed by atoms with E-state index >= 15 is 0 Å². The van der Waals surface area contributed by atoms with E-state index in [0.29, 0.717) is 12.2 Å². The third-order valence-corrected chi connectivity index (χ3v) is 2.40. The standard InChI is InChI=1S/C14H12O3/c15-13-6-7-14(16)12(8-13)10-17-9-11-4-2-1-3-5-11/h1-8H,9-10H2. The molecule has 0 amide bonds. The van der Waals surface area contributed by atoms with Crippen LogP contribution in [-0.4, -0.2) is 18.2 Å². The van der Waals surface area contributed by atoms with Gasteiger partial charge in [0.1, 0.15) is 0 Å². The Balaban J connectivity index is 1.87. The van der Waals surface area contributed by atoms with Crippen LogP contribution < -0.4 is 0 Å². The lowest BCUT2D eigenvalue weighted by Gasteiger charge is -2.08. The van der Waals surface area contributed by atoms with Crippen molar-refractivity contribution in [1.29, 1.82) is 0 Å². The number of ether oxygens (including phenoxy) is 1. The van der Waals surface area contributed by atoms with Crippen molar-refractivity contribution in [3.63, 3.8) is 0 Å². The highest BCUT2D eigenvalue weighted by atomic mass is 16.5. The Morgan fingerprint density at radius 2 is 1.71 bits per heavy atom. The zero-order valence-corrected chi connectivity index (χ0v) is 9.26. The van der Waals surface area contributed by atoms with Crippen molar-refractivity contribution >= 4 is 11.6 Å². The van der Waals surface area contributed by atoms with Gasteiger partial charge in [0.15, 0.2) is 11.6 Å². The maximum atomic E-state index is 11.4. The van der Waals surface area contributed by atoms with Gasteiger partial charge in [-0.25, -0.2) is 0 Å². The Morgan fingerprint density at radius 1 is 0.941 bits per heavy atom. The molecule has 1 aliphatic carbocycles. The predicted octanol–water partition coefficient (Wildman–Crippen LogP) is 1.84. The number of benzene rings is 1. The van der Waals surface area contributed by atoms with Crippen LogP contribution in [0.5, 0.6) is 0 Å². The second-order valence-electron chi connectivity index (χ2n) is 3.75. The largest absolute Gasteiger partial charge is 0.372 e. The molecule has 0 saturated carbocycles. The van der Waals surface area contributed by atoms with Gasteiger partial charge in [-0.15, -0.1) is 0 Å². The van der Waals surface area contributed by atoms with Gasteiger partial charge in [-0.05, 0) is 23.8 Å². The minimum Gasteiger partial charge on any atom is -0.372 e. The molecule has 3 nitrogen and oxygen atoms in total. The van der Waals surface area contributed by atoms with E-state index in [2.05, 4.69) is 0 Å². The number of rotatable bonds is 4. The summed E-state index contributed by atoms with van der Waals surface area (Å²) in [6.45, 7) is 0.604. The molecule has 0 unspecified atom stereocenters. The molecule has 0 fully saturated rings. The molecular formula is C14H12O3. The lowest BCUT2D eigenvalue weighted by Crippen LogP contribution is -2.12. The van der Waals surface area contributed by atoms with E-state index in [9.17, 15) is 9.59 Å². The van der Waals surface area contributed by atoms with Gasteiger partial charge in [0.05, 0.1) is 13.2 Å². The number of allylic oxidation sites excluding steroid dienone is 3. The molecule has 0 radical (unpaired) electrons. The number of carbonyl (C=O) groups is 2. The highest BCUT2D eigenvalue weighted by molar-refractivity contribution is 6.17. The second-order valence-corrected chi connectivity index (χ2v) is 3.75. The van der Waals surface area contributed by atoms with Gasteiger partial charge in [0.25, 0.3) is 0 Å². The van der Waals surface area contributed by atoms with E-state index in [0.717, 1.165) is 5.56 Å². The smallest absolute Gasteiger partial charge is 0.184 e. The SMILES string of the molecule is O=C1C=CC(=O)C(COCc2ccccc2)=C1. The zero-order valence-electron chi connectivity index (χ0n) is 9.26. The third-order valence-electron chi connectivity index (χ3n) is 2.40. The summed E-state index contributed by atoms with van der Waals surface area (Å²) in [4.78, 5) is 22.5. The Hall–Kier alpha value is -2.00. The molecule has 0 atom stereocenters. The van der Waals surface area contributed by atoms with Crippen LogP contribution in [0.25, 0.3) is 0 Å². The molecule has 0 bridgehead atoms. The quantitative estimate of drug-likeness (QED) is 0.738. The van der Waals surface area contributed by atoms with E-state index < -0.39 is 0 Å². The molecule has 86 valence electrons. The maximum Gasteiger partial charge on any atom is 0.184 e. The van der Waals surface area contributed by atoms with E-state index in [1.165, 1.54) is 18.2 Å². The molecule has 0 aliphatic heterocycles. The summed E-state index contributed by atoms with van der Waals surface area (Å²) in [6, 6.07) is 9.68. The molecule has 0 N–H and O–H groups in total. The summed E-state index contributed by atoms with van der Waals surface area (Å²) in [5.74, 6) is -0.319. The second kappa shape index (κ2) is 5.37. The Labute approximate surface area is 99.4 Å². The first-order valence-electron chi connectivity index (χ1n) is 5.34. The predicted molar refractivity (Wildman–Crippen MR) is 63.3 cm³/mol. The lowest BCUT2D eigenvalue weighted by molar-refractivity contribution is -0.115. The highest BCUT2D eigenvalue weighted by Crippen LogP contribution is 2.08. The minimum absolute atomic E-state index is 0.155. The molecule has 17 heavy (non-hydrogen) atoms. The van der Waals surface area contributed by atoms with Gasteiger partial charge >= 0.3 is 0 Å². The van der Waals surface area contributed by atoms with E-state index in [-0.39, 0.29) is 18.2 Å². The van der Waals surface area contributed by atoms with Crippen molar-refractivity contribution in [1.82, 2.24) is 0 Å². The average Bonchev–Trinajstić information content (AvgIpc) is 2.35. The first kappa shape index (κ1) is 11.5. The first-order valence-corrected chi connectivity index (χ1v) is 5.34. The normalized spacial score (nSPS) is 14.9. The fraction of sp³-hybridized carbons (Fsp3) is 0.143. The van der Waals surface area contributed by atoms with Crippen LogP contribution in [0.15, 0.2) is 54.1 Å². The summed E-state index contributed by atoms with van der Waals surface area (Å²) in [5.41, 5.74) is 1.45. The third kappa shape index (κ3) is 3.23. The van der Waals surface area contributed by atoms with E-state index in [1.54, 1.807) is 0 Å². The van der Waals surface area contributed by atoms with Crippen LogP contribution >= 0.6 is 0 Å². The Kier molecular flexibility index (Phi) is 3.62. The fourth-order valence-corrected chi connectivity index (χ4v) is 1.52. The fourth-order valence-electron chi connectivity index (χ4n) is 1.52. The summed E-state index contributed by atoms with van der Waals surface area (Å²) >= 11 is 0. The van der Waals surface area contributed by atoms with Crippen LogP contribution in [0.2, 0.25) is 0 Å². The summed E-state index contributed by atoms with van der Waals surface area (Å²) in [7, 11) is 0. The van der Waals surface area contributed by atoms with Gasteiger partial charge < -0.3 is 4.74 Å². The lowest BCUT2D eigenvalue weighted by atomic mass is 10.0. The van der Waals surface area contributed by atoms with Gasteiger partial charge in [-0.2, -0.15) is 0 Å². The Bertz CT molecular complexity index is 483. The average molecular weight is 228 g/mol. The summed E-state index contributed by atoms with van der Waals surface area (Å²) < 4.78 is 5.40. The monoisotopic (exact) mass is 228 g/mol. The number of carbonyl (C=O) groups excluding carboxylic acids is 2. The number of hydrogen-bond donors (Lipinski definition) is 0. The Morgan fingerprint density at radius 3 is 2.47 bits per heavy atom. The van der Waals surface area contributed by atoms with Gasteiger partial charge in [-0.3, -0.25) is 9.59 Å². The molecule has 3 heteroatoms. The van der Waals surface area contributed by atoms with Crippen LogP contribution in [0.1, 0.15) is 5.56 Å². The molecule has 1 aromatic rings. The molecule has 1 aromatic carbocycles. The summed E-state index contributed by atoms with van der Waals surface area (Å²) in [6.07, 6.45) is 3.87. The molecular weight excluding hydrogens is 216 g/mol. The molecule has 1 aliphatic rings. The van der Waals surface area contributed by atoms with Crippen molar-refractivity contribution in [2.45, 2.75) is 6.61 Å². The number of hydrogen-bond acceptors (Lipinski definition) is 3. The van der Waals surface area contributed by atoms with Crippen LogP contribution in [0, 0.1) is 0 Å². The molecule has 0 saturated heterocycles. The van der Waals surface area contributed by atoms with Gasteiger partial charge in [0, 0.05) is 5.57 Å². The molecule has 0 heterocycles. The van der Waals surface area contributed by atoms with Crippen LogP contribution in [0.4, 0.5) is 0 Å². The summed E-state index contributed by atoms with van der Waals surface area (Å²) in [5, 5.41) is 0. The topological polar surface area (TPSA) is 43.4 Å². The highest BCUT2D eigenvalue weighted by Gasteiger charge is 2.12. The number of ketones is 2. The van der Waals surface area contributed by atoms with Crippen LogP contribution in [-0.2, 0) is 20.9 Å². The van der Waals surface area contributed by atoms with Crippen molar-refractivity contribution < 1.29 is 14.3 Å². The van der Waals surface area contributed by atoms with Gasteiger partial charge in [-0.1, -0.05) is 30.3 Å².